The molecule has 1 aromatic carbocycles. The van der Waals surface area contributed by atoms with E-state index in [0.29, 0.717) is 17.1 Å². The van der Waals surface area contributed by atoms with Gasteiger partial charge in [-0.15, -0.1) is 11.8 Å². The molecule has 3 saturated heterocycles. The second kappa shape index (κ2) is 8.64. The van der Waals surface area contributed by atoms with Gasteiger partial charge < -0.3 is 20.1 Å². The Kier molecular flexibility index (Phi) is 6.25. The Balaban J connectivity index is 1.73. The maximum atomic E-state index is 13.6. The molecule has 31 heavy (non-hydrogen) atoms. The molecular weight excluding hydrogens is 440 g/mol. The highest BCUT2D eigenvalue weighted by molar-refractivity contribution is 8.02. The summed E-state index contributed by atoms with van der Waals surface area (Å²) in [5.74, 6) is -1.96. The van der Waals surface area contributed by atoms with Crippen LogP contribution in [0.3, 0.4) is 0 Å². The summed E-state index contributed by atoms with van der Waals surface area (Å²) >= 11 is 7.84. The zero-order valence-corrected chi connectivity index (χ0v) is 19.1. The number of ether oxygens (including phenoxy) is 1. The molecule has 7 nitrogen and oxygen atoms in total. The van der Waals surface area contributed by atoms with Crippen molar-refractivity contribution >= 4 is 46.8 Å². The van der Waals surface area contributed by atoms with Crippen molar-refractivity contribution in [1.29, 1.82) is 0 Å². The Labute approximate surface area is 190 Å². The van der Waals surface area contributed by atoms with Gasteiger partial charge in [0.25, 0.3) is 0 Å². The SMILES string of the molecule is CCOC(=O)[C@@H]1[C@H]2C(=O)N(CCCO)C(C(=O)Nc3ccccc3Cl)C23S[C@@H]1CC3C. The normalized spacial score (nSPS) is 33.5. The van der Waals surface area contributed by atoms with Crippen LogP contribution in [0.2, 0.25) is 5.02 Å². The van der Waals surface area contributed by atoms with Crippen LogP contribution in [0.25, 0.3) is 0 Å². The van der Waals surface area contributed by atoms with Gasteiger partial charge in [-0.25, -0.2) is 0 Å². The highest BCUT2D eigenvalue weighted by Crippen LogP contribution is 2.68. The van der Waals surface area contributed by atoms with Crippen molar-refractivity contribution in [2.45, 2.75) is 42.7 Å². The number of likely N-dealkylation sites (tertiary alicyclic amines) is 1. The van der Waals surface area contributed by atoms with Crippen molar-refractivity contribution in [3.05, 3.63) is 29.3 Å². The first kappa shape index (κ1) is 22.4. The summed E-state index contributed by atoms with van der Waals surface area (Å²) in [5.41, 5.74) is 0.482. The van der Waals surface area contributed by atoms with Gasteiger partial charge in [-0.3, -0.25) is 14.4 Å². The number of anilines is 1. The number of nitrogens with one attached hydrogen (secondary N) is 1. The Morgan fingerprint density at radius 3 is 2.81 bits per heavy atom. The molecule has 3 aliphatic heterocycles. The van der Waals surface area contributed by atoms with E-state index in [-0.39, 0.29) is 48.7 Å². The smallest absolute Gasteiger partial charge is 0.310 e. The average Bonchev–Trinajstić information content (AvgIpc) is 3.32. The highest BCUT2D eigenvalue weighted by Gasteiger charge is 2.76. The van der Waals surface area contributed by atoms with E-state index in [1.165, 1.54) is 0 Å². The van der Waals surface area contributed by atoms with Crippen LogP contribution in [0.15, 0.2) is 24.3 Å². The summed E-state index contributed by atoms with van der Waals surface area (Å²) in [6, 6.07) is 6.21. The van der Waals surface area contributed by atoms with Crippen LogP contribution < -0.4 is 5.32 Å². The first-order chi connectivity index (χ1) is 14.9. The van der Waals surface area contributed by atoms with Crippen molar-refractivity contribution in [1.82, 2.24) is 4.90 Å². The average molecular weight is 467 g/mol. The number of benzene rings is 1. The van der Waals surface area contributed by atoms with E-state index in [9.17, 15) is 19.5 Å². The molecule has 2 bridgehead atoms. The fourth-order valence-electron chi connectivity index (χ4n) is 5.57. The Bertz CT molecular complexity index is 898. The Morgan fingerprint density at radius 1 is 1.39 bits per heavy atom. The number of halogens is 1. The van der Waals surface area contributed by atoms with Gasteiger partial charge in [-0.05, 0) is 37.8 Å². The van der Waals surface area contributed by atoms with Gasteiger partial charge >= 0.3 is 5.97 Å². The van der Waals surface area contributed by atoms with E-state index in [1.807, 2.05) is 0 Å². The predicted octanol–water partition coefficient (Wildman–Crippen LogP) is 2.56. The Hall–Kier alpha value is -1.77. The molecule has 3 aliphatic rings. The minimum Gasteiger partial charge on any atom is -0.466 e. The van der Waals surface area contributed by atoms with E-state index < -0.39 is 22.6 Å². The first-order valence-electron chi connectivity index (χ1n) is 10.7. The molecule has 1 spiro atoms. The molecule has 4 rings (SSSR count). The molecule has 0 radical (unpaired) electrons. The molecule has 3 fully saturated rings. The summed E-state index contributed by atoms with van der Waals surface area (Å²) in [5, 5.41) is 12.6. The minimum absolute atomic E-state index is 0.0430. The number of aliphatic hydroxyl groups excluding tert-OH is 1. The van der Waals surface area contributed by atoms with E-state index in [4.69, 9.17) is 16.3 Å². The number of fused-ring (bicyclic) bond motifs is 1. The monoisotopic (exact) mass is 466 g/mol. The van der Waals surface area contributed by atoms with E-state index in [2.05, 4.69) is 12.2 Å². The van der Waals surface area contributed by atoms with Gasteiger partial charge in [-0.2, -0.15) is 0 Å². The summed E-state index contributed by atoms with van der Waals surface area (Å²) in [4.78, 5) is 41.6. The molecule has 2 N–H and O–H groups in total. The molecule has 6 atom stereocenters. The lowest BCUT2D eigenvalue weighted by molar-refractivity contribution is -0.154. The lowest BCUT2D eigenvalue weighted by Gasteiger charge is -2.38. The third-order valence-electron chi connectivity index (χ3n) is 6.74. The number of hydrogen-bond donors (Lipinski definition) is 2. The van der Waals surface area contributed by atoms with Crippen molar-refractivity contribution in [3.8, 4) is 0 Å². The molecule has 2 amide bonds. The lowest BCUT2D eigenvalue weighted by Crippen LogP contribution is -2.54. The number of aliphatic hydroxyl groups is 1. The molecule has 3 unspecified atom stereocenters. The second-order valence-electron chi connectivity index (χ2n) is 8.38. The van der Waals surface area contributed by atoms with Gasteiger partial charge in [-0.1, -0.05) is 30.7 Å². The maximum Gasteiger partial charge on any atom is 0.310 e. The summed E-state index contributed by atoms with van der Waals surface area (Å²) in [7, 11) is 0. The quantitative estimate of drug-likeness (QED) is 0.599. The molecule has 0 aromatic heterocycles. The van der Waals surface area contributed by atoms with Gasteiger partial charge in [0, 0.05) is 18.4 Å². The molecule has 0 aliphatic carbocycles. The summed E-state index contributed by atoms with van der Waals surface area (Å²) in [6.45, 7) is 4.22. The Morgan fingerprint density at radius 2 is 2.13 bits per heavy atom. The van der Waals surface area contributed by atoms with Crippen LogP contribution in [0.1, 0.15) is 26.7 Å². The number of nitrogens with zero attached hydrogens (tertiary/aromatic N) is 1. The largest absolute Gasteiger partial charge is 0.466 e. The van der Waals surface area contributed by atoms with E-state index in [1.54, 1.807) is 47.9 Å². The van der Waals surface area contributed by atoms with Crippen molar-refractivity contribution in [2.75, 3.05) is 25.1 Å². The minimum atomic E-state index is -0.753. The number of carbonyl (C=O) groups is 3. The molecule has 0 saturated carbocycles. The van der Waals surface area contributed by atoms with Crippen LogP contribution in [0.4, 0.5) is 5.69 Å². The van der Waals surface area contributed by atoms with Crippen LogP contribution in [0, 0.1) is 17.8 Å². The van der Waals surface area contributed by atoms with Crippen LogP contribution in [-0.4, -0.2) is 63.6 Å². The topological polar surface area (TPSA) is 95.9 Å². The highest BCUT2D eigenvalue weighted by atomic mass is 35.5. The third kappa shape index (κ3) is 3.43. The number of rotatable bonds is 7. The zero-order chi connectivity index (χ0) is 22.3. The number of thioether (sulfide) groups is 1. The second-order valence-corrected chi connectivity index (χ2v) is 10.3. The molecule has 168 valence electrons. The number of para-hydroxylation sites is 1. The molecule has 1 aromatic rings. The van der Waals surface area contributed by atoms with Crippen LogP contribution in [0.5, 0.6) is 0 Å². The van der Waals surface area contributed by atoms with Crippen molar-refractivity contribution < 1.29 is 24.2 Å². The summed E-state index contributed by atoms with van der Waals surface area (Å²) < 4.78 is 4.60. The van der Waals surface area contributed by atoms with Crippen molar-refractivity contribution in [3.63, 3.8) is 0 Å². The first-order valence-corrected chi connectivity index (χ1v) is 11.9. The van der Waals surface area contributed by atoms with Crippen molar-refractivity contribution in [2.24, 2.45) is 17.8 Å². The fourth-order valence-corrected chi connectivity index (χ4v) is 8.16. The molecular formula is C22H27ClN2O5S. The standard InChI is InChI=1S/C22H27ClN2O5S/c1-3-30-21(29)16-15-11-12(2)22(31-15)17(16)20(28)25(9-6-10-26)18(22)19(27)24-14-8-5-4-7-13(14)23/h4-5,7-8,12,15-18,26H,3,6,9-11H2,1-2H3,(H,24,27)/t12?,15-,16+,17+,18?,22?/m1/s1. The fraction of sp³-hybridized carbons (Fsp3) is 0.591. The van der Waals surface area contributed by atoms with Crippen LogP contribution >= 0.6 is 23.4 Å². The molecule has 9 heteroatoms. The number of esters is 1. The third-order valence-corrected chi connectivity index (χ3v) is 9.15. The number of amides is 2. The van der Waals surface area contributed by atoms with Gasteiger partial charge in [0.1, 0.15) is 6.04 Å². The van der Waals surface area contributed by atoms with E-state index in [0.717, 1.165) is 6.42 Å². The predicted molar refractivity (Wildman–Crippen MR) is 119 cm³/mol. The van der Waals surface area contributed by atoms with Gasteiger partial charge in [0.15, 0.2) is 0 Å². The van der Waals surface area contributed by atoms with E-state index >= 15 is 0 Å². The summed E-state index contributed by atoms with van der Waals surface area (Å²) in [6.07, 6.45) is 1.11. The number of hydrogen-bond acceptors (Lipinski definition) is 6. The van der Waals surface area contributed by atoms with Gasteiger partial charge in [0.2, 0.25) is 11.8 Å². The lowest BCUT2D eigenvalue weighted by atomic mass is 9.66. The maximum absolute atomic E-state index is 13.6. The number of carbonyl (C=O) groups excluding carboxylic acids is 3. The van der Waals surface area contributed by atoms with Gasteiger partial charge in [0.05, 0.1) is 33.9 Å². The zero-order valence-electron chi connectivity index (χ0n) is 17.5. The molecule has 3 heterocycles. The van der Waals surface area contributed by atoms with Crippen LogP contribution in [-0.2, 0) is 19.1 Å².